The third kappa shape index (κ3) is 1.90. The van der Waals surface area contributed by atoms with Crippen LogP contribution < -0.4 is 0 Å². The summed E-state index contributed by atoms with van der Waals surface area (Å²) >= 11 is 4.39. The van der Waals surface area contributed by atoms with Crippen LogP contribution in [0.4, 0.5) is 4.39 Å². The molecule has 0 aromatic heterocycles. The zero-order valence-corrected chi connectivity index (χ0v) is 8.60. The number of thiol groups is 1. The quantitative estimate of drug-likeness (QED) is 0.663. The van der Waals surface area contributed by atoms with Gasteiger partial charge in [-0.1, -0.05) is 24.3 Å². The van der Waals surface area contributed by atoms with Gasteiger partial charge in [-0.25, -0.2) is 4.39 Å². The lowest BCUT2D eigenvalue weighted by molar-refractivity contribution is 0.627. The maximum Gasteiger partial charge on any atom is 0.123 e. The first kappa shape index (κ1) is 9.53. The molecule has 0 aliphatic heterocycles. The van der Waals surface area contributed by atoms with Crippen LogP contribution in [0.15, 0.2) is 41.3 Å². The van der Waals surface area contributed by atoms with Crippen molar-refractivity contribution >= 4 is 18.2 Å². The molecule has 1 aliphatic rings. The van der Waals surface area contributed by atoms with E-state index in [1.807, 2.05) is 0 Å². The van der Waals surface area contributed by atoms with Gasteiger partial charge in [0.2, 0.25) is 0 Å². The van der Waals surface area contributed by atoms with Crippen molar-refractivity contribution in [1.29, 1.82) is 0 Å². The summed E-state index contributed by atoms with van der Waals surface area (Å²) in [7, 11) is 0. The highest BCUT2D eigenvalue weighted by atomic mass is 32.1. The van der Waals surface area contributed by atoms with E-state index in [1.54, 1.807) is 12.1 Å². The van der Waals surface area contributed by atoms with E-state index < -0.39 is 0 Å². The first-order valence-electron chi connectivity index (χ1n) is 4.63. The van der Waals surface area contributed by atoms with Crippen molar-refractivity contribution in [3.05, 3.63) is 52.7 Å². The topological polar surface area (TPSA) is 0 Å². The Hall–Kier alpha value is -1.02. The highest BCUT2D eigenvalue weighted by Crippen LogP contribution is 2.30. The number of allylic oxidation sites excluding steroid dienone is 3. The van der Waals surface area contributed by atoms with Crippen molar-refractivity contribution < 1.29 is 4.39 Å². The van der Waals surface area contributed by atoms with Crippen LogP contribution in [-0.2, 0) is 0 Å². The first-order valence-corrected chi connectivity index (χ1v) is 5.08. The lowest BCUT2D eigenvalue weighted by atomic mass is 9.99. The van der Waals surface area contributed by atoms with Gasteiger partial charge < -0.3 is 0 Å². The molecular weight excluding hydrogens is 195 g/mol. The highest BCUT2D eigenvalue weighted by molar-refractivity contribution is 7.85. The summed E-state index contributed by atoms with van der Waals surface area (Å²) in [5.74, 6) is -0.199. The highest BCUT2D eigenvalue weighted by Gasteiger charge is 2.07. The molecule has 0 N–H and O–H groups in total. The van der Waals surface area contributed by atoms with Crippen molar-refractivity contribution in [3.8, 4) is 0 Å². The molecule has 2 heteroatoms. The van der Waals surface area contributed by atoms with E-state index in [9.17, 15) is 4.39 Å². The van der Waals surface area contributed by atoms with Crippen LogP contribution in [0.2, 0.25) is 0 Å². The first-order chi connectivity index (χ1) is 6.77. The molecular formula is C12H11FS. The molecule has 0 bridgehead atoms. The Kier molecular flexibility index (Phi) is 2.73. The van der Waals surface area contributed by atoms with E-state index in [4.69, 9.17) is 0 Å². The molecule has 0 heterocycles. The van der Waals surface area contributed by atoms with E-state index >= 15 is 0 Å². The molecule has 0 nitrogen and oxygen atoms in total. The van der Waals surface area contributed by atoms with Gasteiger partial charge in [-0.3, -0.25) is 0 Å². The summed E-state index contributed by atoms with van der Waals surface area (Å²) in [5.41, 5.74) is 2.15. The molecule has 0 saturated heterocycles. The molecule has 1 aliphatic carbocycles. The Morgan fingerprint density at radius 1 is 1.00 bits per heavy atom. The minimum absolute atomic E-state index is 0.199. The third-order valence-electron chi connectivity index (χ3n) is 2.28. The number of halogens is 1. The molecule has 0 amide bonds. The molecule has 1 aromatic rings. The Morgan fingerprint density at radius 3 is 2.29 bits per heavy atom. The van der Waals surface area contributed by atoms with Gasteiger partial charge in [0.25, 0.3) is 0 Å². The molecule has 0 spiro atoms. The van der Waals surface area contributed by atoms with Gasteiger partial charge in [-0.15, -0.1) is 12.6 Å². The molecule has 72 valence electrons. The fourth-order valence-corrected chi connectivity index (χ4v) is 1.91. The van der Waals surface area contributed by atoms with E-state index in [1.165, 1.54) is 12.1 Å². The molecule has 0 radical (unpaired) electrons. The van der Waals surface area contributed by atoms with E-state index in [0.29, 0.717) is 0 Å². The van der Waals surface area contributed by atoms with Crippen molar-refractivity contribution in [2.24, 2.45) is 0 Å². The van der Waals surface area contributed by atoms with Crippen LogP contribution in [0.3, 0.4) is 0 Å². The van der Waals surface area contributed by atoms with Gasteiger partial charge in [0, 0.05) is 4.91 Å². The average Bonchev–Trinajstić information content (AvgIpc) is 2.20. The molecule has 0 fully saturated rings. The van der Waals surface area contributed by atoms with Gasteiger partial charge in [-0.05, 0) is 36.1 Å². The van der Waals surface area contributed by atoms with Crippen LogP contribution in [0.25, 0.3) is 5.57 Å². The number of hydrogen-bond donors (Lipinski definition) is 1. The van der Waals surface area contributed by atoms with Crippen LogP contribution in [0.5, 0.6) is 0 Å². The summed E-state index contributed by atoms with van der Waals surface area (Å²) in [6.45, 7) is 0. The summed E-state index contributed by atoms with van der Waals surface area (Å²) in [6.07, 6.45) is 6.33. The predicted molar refractivity (Wildman–Crippen MR) is 60.7 cm³/mol. The van der Waals surface area contributed by atoms with Gasteiger partial charge in [0.15, 0.2) is 0 Å². The zero-order chi connectivity index (χ0) is 9.97. The second kappa shape index (κ2) is 4.01. The van der Waals surface area contributed by atoms with Crippen LogP contribution in [0.1, 0.15) is 18.4 Å². The van der Waals surface area contributed by atoms with Gasteiger partial charge in [-0.2, -0.15) is 0 Å². The standard InChI is InChI=1S/C12H11FS/c13-10-7-5-9(6-8-10)11-3-1-2-4-12(11)14/h3-8,14H,1-2H2. The molecule has 0 unspecified atom stereocenters. The largest absolute Gasteiger partial charge is 0.207 e. The van der Waals surface area contributed by atoms with Gasteiger partial charge in [0.05, 0.1) is 0 Å². The SMILES string of the molecule is Fc1ccc(C2=CCCC=C2S)cc1. The maximum absolute atomic E-state index is 12.7. The summed E-state index contributed by atoms with van der Waals surface area (Å²) < 4.78 is 12.7. The monoisotopic (exact) mass is 206 g/mol. The van der Waals surface area contributed by atoms with Crippen molar-refractivity contribution in [2.45, 2.75) is 12.8 Å². The molecule has 0 atom stereocenters. The molecule has 2 rings (SSSR count). The van der Waals surface area contributed by atoms with Crippen LogP contribution >= 0.6 is 12.6 Å². The molecule has 14 heavy (non-hydrogen) atoms. The van der Waals surface area contributed by atoms with E-state index in [2.05, 4.69) is 24.8 Å². The Bertz CT molecular complexity index is 387. The fourth-order valence-electron chi connectivity index (χ4n) is 1.56. The Balaban J connectivity index is 2.35. The second-order valence-electron chi connectivity index (χ2n) is 3.29. The van der Waals surface area contributed by atoms with Crippen LogP contribution in [0, 0.1) is 5.82 Å². The van der Waals surface area contributed by atoms with E-state index in [0.717, 1.165) is 28.9 Å². The summed E-state index contributed by atoms with van der Waals surface area (Å²) in [6, 6.07) is 6.53. The van der Waals surface area contributed by atoms with Crippen molar-refractivity contribution in [1.82, 2.24) is 0 Å². The average molecular weight is 206 g/mol. The smallest absolute Gasteiger partial charge is 0.123 e. The Morgan fingerprint density at radius 2 is 1.64 bits per heavy atom. The van der Waals surface area contributed by atoms with Gasteiger partial charge >= 0.3 is 0 Å². The third-order valence-corrected chi connectivity index (χ3v) is 2.71. The minimum atomic E-state index is -0.199. The van der Waals surface area contributed by atoms with E-state index in [-0.39, 0.29) is 5.82 Å². The van der Waals surface area contributed by atoms with Crippen molar-refractivity contribution in [3.63, 3.8) is 0 Å². The predicted octanol–water partition coefficient (Wildman–Crippen LogP) is 3.82. The second-order valence-corrected chi connectivity index (χ2v) is 3.77. The number of benzene rings is 1. The van der Waals surface area contributed by atoms with Gasteiger partial charge in [0.1, 0.15) is 5.82 Å². The zero-order valence-electron chi connectivity index (χ0n) is 7.70. The summed E-state index contributed by atoms with van der Waals surface area (Å²) in [5, 5.41) is 0. The number of hydrogen-bond acceptors (Lipinski definition) is 1. The summed E-state index contributed by atoms with van der Waals surface area (Å²) in [4.78, 5) is 0.989. The molecule has 0 saturated carbocycles. The maximum atomic E-state index is 12.7. The molecule has 1 aromatic carbocycles. The van der Waals surface area contributed by atoms with Crippen molar-refractivity contribution in [2.75, 3.05) is 0 Å². The van der Waals surface area contributed by atoms with Crippen LogP contribution in [-0.4, -0.2) is 0 Å². The normalized spacial score (nSPS) is 16.1. The Labute approximate surface area is 88.6 Å². The number of rotatable bonds is 1. The lowest BCUT2D eigenvalue weighted by Gasteiger charge is -2.11. The minimum Gasteiger partial charge on any atom is -0.207 e. The fraction of sp³-hybridized carbons (Fsp3) is 0.167. The lowest BCUT2D eigenvalue weighted by Crippen LogP contribution is -1.90.